The third-order valence-corrected chi connectivity index (χ3v) is 3.05. The van der Waals surface area contributed by atoms with Crippen LogP contribution in [0.3, 0.4) is 0 Å². The maximum atomic E-state index is 13.1. The highest BCUT2D eigenvalue weighted by Crippen LogP contribution is 2.22. The fraction of sp³-hybridized carbons (Fsp3) is 0.214. The number of pyridine rings is 1. The predicted octanol–water partition coefficient (Wildman–Crippen LogP) is 3.99. The lowest BCUT2D eigenvalue weighted by Gasteiger charge is -2.08. The zero-order valence-electron chi connectivity index (χ0n) is 10.5. The minimum atomic E-state index is -0.306. The highest BCUT2D eigenvalue weighted by molar-refractivity contribution is 9.10. The van der Waals surface area contributed by atoms with Gasteiger partial charge in [0.15, 0.2) is 0 Å². The van der Waals surface area contributed by atoms with Crippen LogP contribution in [0.4, 0.5) is 10.2 Å². The summed E-state index contributed by atoms with van der Waals surface area (Å²) < 4.78 is 19.0. The molecule has 0 spiro atoms. The molecule has 1 aromatic carbocycles. The average Bonchev–Trinajstić information content (AvgIpc) is 2.41. The number of nitrogens with one attached hydrogen (secondary N) is 1. The second-order valence-corrected chi connectivity index (χ2v) is 4.76. The zero-order valence-corrected chi connectivity index (χ0v) is 12.1. The Bertz CT molecular complexity index is 563. The molecule has 100 valence electrons. The molecule has 2 aromatic rings. The number of benzene rings is 1. The summed E-state index contributed by atoms with van der Waals surface area (Å²) in [4.78, 5) is 4.40. The van der Waals surface area contributed by atoms with E-state index in [1.165, 1.54) is 6.07 Å². The van der Waals surface area contributed by atoms with Crippen LogP contribution in [-0.4, -0.2) is 11.5 Å². The van der Waals surface area contributed by atoms with E-state index in [2.05, 4.69) is 26.2 Å². The van der Waals surface area contributed by atoms with E-state index in [0.29, 0.717) is 16.8 Å². The van der Waals surface area contributed by atoms with Crippen LogP contribution in [0.1, 0.15) is 12.6 Å². The standard InChI is InChI=1S/C14H14BrFN2O/c1-2-17-14-5-3-4-10(18-14)9-19-11-6-7-13(16)12(15)8-11/h3-8H,2,9H2,1H3,(H,17,18). The van der Waals surface area contributed by atoms with E-state index in [9.17, 15) is 4.39 Å². The van der Waals surface area contributed by atoms with Gasteiger partial charge in [-0.15, -0.1) is 0 Å². The predicted molar refractivity (Wildman–Crippen MR) is 76.8 cm³/mol. The molecule has 0 fully saturated rings. The maximum absolute atomic E-state index is 13.1. The maximum Gasteiger partial charge on any atom is 0.137 e. The first kappa shape index (κ1) is 13.8. The average molecular weight is 325 g/mol. The molecule has 0 aliphatic carbocycles. The summed E-state index contributed by atoms with van der Waals surface area (Å²) in [6.45, 7) is 3.18. The number of hydrogen-bond donors (Lipinski definition) is 1. The lowest BCUT2D eigenvalue weighted by Crippen LogP contribution is -2.03. The quantitative estimate of drug-likeness (QED) is 0.902. The molecule has 5 heteroatoms. The lowest BCUT2D eigenvalue weighted by molar-refractivity contribution is 0.301. The summed E-state index contributed by atoms with van der Waals surface area (Å²) in [7, 11) is 0. The molecule has 2 rings (SSSR count). The van der Waals surface area contributed by atoms with Crippen molar-refractivity contribution in [3.63, 3.8) is 0 Å². The second kappa shape index (κ2) is 6.52. The van der Waals surface area contributed by atoms with Gasteiger partial charge in [0.2, 0.25) is 0 Å². The highest BCUT2D eigenvalue weighted by Gasteiger charge is 2.03. The fourth-order valence-corrected chi connectivity index (χ4v) is 1.92. The molecular weight excluding hydrogens is 311 g/mol. The summed E-state index contributed by atoms with van der Waals surface area (Å²) >= 11 is 3.12. The van der Waals surface area contributed by atoms with E-state index in [-0.39, 0.29) is 5.82 Å². The van der Waals surface area contributed by atoms with Gasteiger partial charge in [0, 0.05) is 6.54 Å². The molecular formula is C14H14BrFN2O. The molecule has 0 bridgehead atoms. The molecule has 0 saturated heterocycles. The van der Waals surface area contributed by atoms with Crippen molar-refractivity contribution in [3.05, 3.63) is 52.4 Å². The van der Waals surface area contributed by atoms with Gasteiger partial charge in [-0.05, 0) is 53.2 Å². The number of rotatable bonds is 5. The van der Waals surface area contributed by atoms with Gasteiger partial charge in [-0.2, -0.15) is 0 Å². The van der Waals surface area contributed by atoms with Gasteiger partial charge in [0.05, 0.1) is 10.2 Å². The molecule has 1 heterocycles. The van der Waals surface area contributed by atoms with Crippen LogP contribution in [0.25, 0.3) is 0 Å². The van der Waals surface area contributed by atoms with Crippen molar-refractivity contribution in [2.24, 2.45) is 0 Å². The molecule has 1 N–H and O–H groups in total. The number of nitrogens with zero attached hydrogens (tertiary/aromatic N) is 1. The van der Waals surface area contributed by atoms with Gasteiger partial charge >= 0.3 is 0 Å². The highest BCUT2D eigenvalue weighted by atomic mass is 79.9. The van der Waals surface area contributed by atoms with Crippen LogP contribution >= 0.6 is 15.9 Å². The topological polar surface area (TPSA) is 34.1 Å². The lowest BCUT2D eigenvalue weighted by atomic mass is 10.3. The minimum Gasteiger partial charge on any atom is -0.487 e. The molecule has 0 amide bonds. The number of halogens is 2. The van der Waals surface area contributed by atoms with Crippen LogP contribution in [0, 0.1) is 5.82 Å². The first-order valence-electron chi connectivity index (χ1n) is 5.96. The van der Waals surface area contributed by atoms with Crippen molar-refractivity contribution in [1.82, 2.24) is 4.98 Å². The van der Waals surface area contributed by atoms with E-state index in [1.807, 2.05) is 25.1 Å². The summed E-state index contributed by atoms with van der Waals surface area (Å²) in [5.41, 5.74) is 0.818. The molecule has 3 nitrogen and oxygen atoms in total. The van der Waals surface area contributed by atoms with Crippen molar-refractivity contribution < 1.29 is 9.13 Å². The summed E-state index contributed by atoms with van der Waals surface area (Å²) in [6.07, 6.45) is 0. The van der Waals surface area contributed by atoms with Crippen molar-refractivity contribution >= 4 is 21.7 Å². The van der Waals surface area contributed by atoms with Crippen LogP contribution in [0.2, 0.25) is 0 Å². The third-order valence-electron chi connectivity index (χ3n) is 2.44. The Morgan fingerprint density at radius 2 is 2.16 bits per heavy atom. The number of hydrogen-bond acceptors (Lipinski definition) is 3. The Kier molecular flexibility index (Phi) is 4.74. The summed E-state index contributed by atoms with van der Waals surface area (Å²) in [5.74, 6) is 1.12. The Hall–Kier alpha value is -1.62. The Labute approximate surface area is 119 Å². The molecule has 19 heavy (non-hydrogen) atoms. The first-order valence-corrected chi connectivity index (χ1v) is 6.76. The molecule has 0 saturated carbocycles. The van der Waals surface area contributed by atoms with Crippen LogP contribution in [0.15, 0.2) is 40.9 Å². The van der Waals surface area contributed by atoms with Gasteiger partial charge in [-0.25, -0.2) is 9.37 Å². The number of anilines is 1. The van der Waals surface area contributed by atoms with Crippen LogP contribution < -0.4 is 10.1 Å². The van der Waals surface area contributed by atoms with Gasteiger partial charge < -0.3 is 10.1 Å². The van der Waals surface area contributed by atoms with Crippen molar-refractivity contribution in [1.29, 1.82) is 0 Å². The minimum absolute atomic E-state index is 0.306. The van der Waals surface area contributed by atoms with Crippen molar-refractivity contribution in [2.75, 3.05) is 11.9 Å². The van der Waals surface area contributed by atoms with Crippen LogP contribution in [0.5, 0.6) is 5.75 Å². The van der Waals surface area contributed by atoms with Gasteiger partial charge in [0.1, 0.15) is 24.0 Å². The first-order chi connectivity index (χ1) is 9.19. The van der Waals surface area contributed by atoms with Crippen molar-refractivity contribution in [3.8, 4) is 5.75 Å². The second-order valence-electron chi connectivity index (χ2n) is 3.91. The molecule has 0 atom stereocenters. The Morgan fingerprint density at radius 1 is 1.32 bits per heavy atom. The summed E-state index contributed by atoms with van der Waals surface area (Å²) in [6, 6.07) is 10.3. The van der Waals surface area contributed by atoms with E-state index in [0.717, 1.165) is 18.1 Å². The van der Waals surface area contributed by atoms with Gasteiger partial charge in [-0.3, -0.25) is 0 Å². The molecule has 0 unspecified atom stereocenters. The van der Waals surface area contributed by atoms with Gasteiger partial charge in [0.25, 0.3) is 0 Å². The largest absolute Gasteiger partial charge is 0.487 e. The Morgan fingerprint density at radius 3 is 2.89 bits per heavy atom. The molecule has 0 aliphatic heterocycles. The summed E-state index contributed by atoms with van der Waals surface area (Å²) in [5, 5.41) is 3.14. The molecule has 1 aromatic heterocycles. The van der Waals surface area contributed by atoms with Crippen molar-refractivity contribution in [2.45, 2.75) is 13.5 Å². The third kappa shape index (κ3) is 3.92. The number of ether oxygens (including phenoxy) is 1. The van der Waals surface area contributed by atoms with E-state index in [4.69, 9.17) is 4.74 Å². The monoisotopic (exact) mass is 324 g/mol. The molecule has 0 radical (unpaired) electrons. The molecule has 0 aliphatic rings. The fourth-order valence-electron chi connectivity index (χ4n) is 1.56. The van der Waals surface area contributed by atoms with Crippen LogP contribution in [-0.2, 0) is 6.61 Å². The zero-order chi connectivity index (χ0) is 13.7. The van der Waals surface area contributed by atoms with E-state index < -0.39 is 0 Å². The Balaban J connectivity index is 2.01. The van der Waals surface area contributed by atoms with E-state index >= 15 is 0 Å². The van der Waals surface area contributed by atoms with E-state index in [1.54, 1.807) is 12.1 Å². The normalized spacial score (nSPS) is 10.3. The number of aromatic nitrogens is 1. The SMILES string of the molecule is CCNc1cccc(COc2ccc(F)c(Br)c2)n1. The van der Waals surface area contributed by atoms with Gasteiger partial charge in [-0.1, -0.05) is 6.07 Å². The smallest absolute Gasteiger partial charge is 0.137 e.